The third kappa shape index (κ3) is 4.12. The van der Waals surface area contributed by atoms with Crippen molar-refractivity contribution < 1.29 is 13.2 Å². The summed E-state index contributed by atoms with van der Waals surface area (Å²) in [7, 11) is -3.57. The van der Waals surface area contributed by atoms with Gasteiger partial charge in [-0.1, -0.05) is 29.8 Å². The SMILES string of the molecule is O=C(Nc1ccccc1)N1CCN(S(=O)(=O)c2ccc(Cl)cc2)CC1. The molecule has 6 nitrogen and oxygen atoms in total. The van der Waals surface area contributed by atoms with Gasteiger partial charge in [0.05, 0.1) is 4.90 Å². The molecular weight excluding hydrogens is 362 g/mol. The van der Waals surface area contributed by atoms with Crippen molar-refractivity contribution in [2.24, 2.45) is 0 Å². The highest BCUT2D eigenvalue weighted by Gasteiger charge is 2.30. The van der Waals surface area contributed by atoms with E-state index in [0.29, 0.717) is 23.8 Å². The van der Waals surface area contributed by atoms with Gasteiger partial charge in [-0.15, -0.1) is 0 Å². The lowest BCUT2D eigenvalue weighted by molar-refractivity contribution is 0.184. The van der Waals surface area contributed by atoms with Gasteiger partial charge in [0.25, 0.3) is 0 Å². The topological polar surface area (TPSA) is 69.7 Å². The number of carbonyl (C=O) groups excluding carboxylic acids is 1. The van der Waals surface area contributed by atoms with E-state index in [-0.39, 0.29) is 24.0 Å². The Morgan fingerprint density at radius 3 is 2.12 bits per heavy atom. The van der Waals surface area contributed by atoms with E-state index in [1.54, 1.807) is 29.2 Å². The summed E-state index contributed by atoms with van der Waals surface area (Å²) in [6.07, 6.45) is 0. The molecule has 1 fully saturated rings. The first-order chi connectivity index (χ1) is 12.0. The molecule has 1 aliphatic rings. The lowest BCUT2D eigenvalue weighted by atomic mass is 10.3. The number of amides is 2. The van der Waals surface area contributed by atoms with Gasteiger partial charge in [0.15, 0.2) is 0 Å². The summed E-state index contributed by atoms with van der Waals surface area (Å²) in [6.45, 7) is 1.19. The molecule has 0 spiro atoms. The van der Waals surface area contributed by atoms with Crippen molar-refractivity contribution in [1.29, 1.82) is 0 Å². The van der Waals surface area contributed by atoms with Crippen LogP contribution in [0.3, 0.4) is 0 Å². The lowest BCUT2D eigenvalue weighted by Gasteiger charge is -2.34. The van der Waals surface area contributed by atoms with E-state index in [2.05, 4.69) is 5.32 Å². The maximum absolute atomic E-state index is 12.6. The minimum atomic E-state index is -3.57. The van der Waals surface area contributed by atoms with Crippen LogP contribution in [0.5, 0.6) is 0 Å². The minimum Gasteiger partial charge on any atom is -0.322 e. The first-order valence-corrected chi connectivity index (χ1v) is 9.65. The van der Waals surface area contributed by atoms with Crippen molar-refractivity contribution in [1.82, 2.24) is 9.21 Å². The summed E-state index contributed by atoms with van der Waals surface area (Å²) in [4.78, 5) is 14.1. The van der Waals surface area contributed by atoms with Crippen molar-refractivity contribution in [3.63, 3.8) is 0 Å². The van der Waals surface area contributed by atoms with Gasteiger partial charge in [0.2, 0.25) is 10.0 Å². The number of sulfonamides is 1. The number of piperazine rings is 1. The second-order valence-electron chi connectivity index (χ2n) is 5.64. The highest BCUT2D eigenvalue weighted by molar-refractivity contribution is 7.89. The van der Waals surface area contributed by atoms with E-state index in [1.165, 1.54) is 16.4 Å². The fourth-order valence-electron chi connectivity index (χ4n) is 2.61. The van der Waals surface area contributed by atoms with Gasteiger partial charge in [-0.25, -0.2) is 13.2 Å². The molecule has 132 valence electrons. The van der Waals surface area contributed by atoms with E-state index >= 15 is 0 Å². The molecule has 1 N–H and O–H groups in total. The number of halogens is 1. The lowest BCUT2D eigenvalue weighted by Crippen LogP contribution is -2.51. The molecule has 2 aromatic rings. The average Bonchev–Trinajstić information content (AvgIpc) is 2.63. The van der Waals surface area contributed by atoms with Crippen LogP contribution < -0.4 is 5.32 Å². The van der Waals surface area contributed by atoms with Gasteiger partial charge in [0, 0.05) is 36.9 Å². The van der Waals surface area contributed by atoms with Crippen molar-refractivity contribution in [2.75, 3.05) is 31.5 Å². The maximum Gasteiger partial charge on any atom is 0.321 e. The molecule has 0 aliphatic carbocycles. The van der Waals surface area contributed by atoms with Crippen molar-refractivity contribution in [3.05, 3.63) is 59.6 Å². The van der Waals surface area contributed by atoms with Crippen LogP contribution in [-0.2, 0) is 10.0 Å². The van der Waals surface area contributed by atoms with Crippen LogP contribution in [0.2, 0.25) is 5.02 Å². The molecule has 0 unspecified atom stereocenters. The summed E-state index contributed by atoms with van der Waals surface area (Å²) in [5.74, 6) is 0. The van der Waals surface area contributed by atoms with Crippen molar-refractivity contribution >= 4 is 33.3 Å². The number of nitrogens with zero attached hydrogens (tertiary/aromatic N) is 2. The minimum absolute atomic E-state index is 0.207. The second-order valence-corrected chi connectivity index (χ2v) is 8.02. The smallest absolute Gasteiger partial charge is 0.321 e. The van der Waals surface area contributed by atoms with Gasteiger partial charge in [-0.2, -0.15) is 4.31 Å². The Hall–Kier alpha value is -2.09. The molecule has 0 atom stereocenters. The van der Waals surface area contributed by atoms with Crippen LogP contribution in [0.1, 0.15) is 0 Å². The van der Waals surface area contributed by atoms with E-state index in [0.717, 1.165) is 0 Å². The van der Waals surface area contributed by atoms with Crippen molar-refractivity contribution in [2.45, 2.75) is 4.90 Å². The van der Waals surface area contributed by atoms with Gasteiger partial charge in [0.1, 0.15) is 0 Å². The summed E-state index contributed by atoms with van der Waals surface area (Å²) >= 11 is 5.81. The van der Waals surface area contributed by atoms with E-state index in [9.17, 15) is 13.2 Å². The fraction of sp³-hybridized carbons (Fsp3) is 0.235. The molecule has 0 saturated carbocycles. The van der Waals surface area contributed by atoms with Crippen LogP contribution >= 0.6 is 11.6 Å². The number of nitrogens with one attached hydrogen (secondary N) is 1. The molecule has 2 aromatic carbocycles. The van der Waals surface area contributed by atoms with Crippen LogP contribution in [-0.4, -0.2) is 49.8 Å². The normalized spacial score (nSPS) is 15.8. The predicted molar refractivity (Wildman–Crippen MR) is 97.2 cm³/mol. The summed E-state index contributed by atoms with van der Waals surface area (Å²) < 4.78 is 26.7. The van der Waals surface area contributed by atoms with Gasteiger partial charge in [-0.05, 0) is 36.4 Å². The van der Waals surface area contributed by atoms with Crippen LogP contribution in [0.25, 0.3) is 0 Å². The summed E-state index contributed by atoms with van der Waals surface area (Å²) in [5, 5.41) is 3.29. The Balaban J connectivity index is 1.61. The molecule has 3 rings (SSSR count). The Labute approximate surface area is 152 Å². The number of urea groups is 1. The van der Waals surface area contributed by atoms with Crippen molar-refractivity contribution in [3.8, 4) is 0 Å². The molecule has 1 aliphatic heterocycles. The average molecular weight is 380 g/mol. The first kappa shape index (κ1) is 17.7. The number of hydrogen-bond acceptors (Lipinski definition) is 3. The maximum atomic E-state index is 12.6. The highest BCUT2D eigenvalue weighted by atomic mass is 35.5. The van der Waals surface area contributed by atoms with Crippen LogP contribution in [0.15, 0.2) is 59.5 Å². The Morgan fingerprint density at radius 2 is 1.52 bits per heavy atom. The zero-order chi connectivity index (χ0) is 17.9. The quantitative estimate of drug-likeness (QED) is 0.891. The van der Waals surface area contributed by atoms with Gasteiger partial charge in [-0.3, -0.25) is 0 Å². The largest absolute Gasteiger partial charge is 0.322 e. The summed E-state index contributed by atoms with van der Waals surface area (Å²) in [6, 6.07) is 15.0. The number of hydrogen-bond donors (Lipinski definition) is 1. The molecule has 8 heteroatoms. The summed E-state index contributed by atoms with van der Waals surface area (Å²) in [5.41, 5.74) is 0.712. The molecule has 0 radical (unpaired) electrons. The zero-order valence-electron chi connectivity index (χ0n) is 13.4. The van der Waals surface area contributed by atoms with Crippen LogP contribution in [0.4, 0.5) is 10.5 Å². The third-order valence-corrected chi connectivity index (χ3v) is 6.17. The second kappa shape index (κ2) is 7.43. The number of benzene rings is 2. The van der Waals surface area contributed by atoms with E-state index in [1.807, 2.05) is 18.2 Å². The third-order valence-electron chi connectivity index (χ3n) is 4.00. The van der Waals surface area contributed by atoms with Gasteiger partial charge >= 0.3 is 6.03 Å². The zero-order valence-corrected chi connectivity index (χ0v) is 15.0. The van der Waals surface area contributed by atoms with E-state index in [4.69, 9.17) is 11.6 Å². The molecule has 25 heavy (non-hydrogen) atoms. The van der Waals surface area contributed by atoms with Crippen LogP contribution in [0, 0.1) is 0 Å². The number of anilines is 1. The Morgan fingerprint density at radius 1 is 0.920 bits per heavy atom. The standard InChI is InChI=1S/C17H18ClN3O3S/c18-14-6-8-16(9-7-14)25(23,24)21-12-10-20(11-13-21)17(22)19-15-4-2-1-3-5-15/h1-9H,10-13H2,(H,19,22). The molecule has 1 heterocycles. The first-order valence-electron chi connectivity index (χ1n) is 7.83. The molecular formula is C17H18ClN3O3S. The number of carbonyl (C=O) groups is 1. The fourth-order valence-corrected chi connectivity index (χ4v) is 4.16. The molecule has 1 saturated heterocycles. The molecule has 2 amide bonds. The number of para-hydroxylation sites is 1. The molecule has 0 aromatic heterocycles. The predicted octanol–water partition coefficient (Wildman–Crippen LogP) is 2.88. The Kier molecular flexibility index (Phi) is 5.27. The van der Waals surface area contributed by atoms with E-state index < -0.39 is 10.0 Å². The molecule has 0 bridgehead atoms. The van der Waals surface area contributed by atoms with Gasteiger partial charge < -0.3 is 10.2 Å². The number of rotatable bonds is 3. The monoisotopic (exact) mass is 379 g/mol. The Bertz CT molecular complexity index is 833. The highest BCUT2D eigenvalue weighted by Crippen LogP contribution is 2.20.